The van der Waals surface area contributed by atoms with Crippen LogP contribution in [0.3, 0.4) is 0 Å². The summed E-state index contributed by atoms with van der Waals surface area (Å²) in [5.74, 6) is 1.31. The summed E-state index contributed by atoms with van der Waals surface area (Å²) < 4.78 is 13.3. The number of aromatic nitrogens is 2. The minimum absolute atomic E-state index is 0.532. The summed E-state index contributed by atoms with van der Waals surface area (Å²) in [7, 11) is 1.69. The Morgan fingerprint density at radius 2 is 1.78 bits per heavy atom. The molecular weight excluding hydrogens is 382 g/mol. The molecule has 2 aromatic carbocycles. The maximum atomic E-state index is 6.22. The molecule has 3 rings (SSSR count). The smallest absolute Gasteiger partial charge is 0.257 e. The fraction of sp³-hybridized carbons (Fsp3) is 0.250. The highest BCUT2D eigenvalue weighted by Gasteiger charge is 2.20. The highest BCUT2D eigenvalue weighted by atomic mass is 35.5. The van der Waals surface area contributed by atoms with Gasteiger partial charge in [0.2, 0.25) is 5.88 Å². The molecule has 1 heterocycles. The van der Waals surface area contributed by atoms with Gasteiger partial charge in [-0.3, -0.25) is 0 Å². The lowest BCUT2D eigenvalue weighted by Crippen LogP contribution is -2.01. The fourth-order valence-electron chi connectivity index (χ4n) is 2.94. The Labute approximate surface area is 170 Å². The number of benzene rings is 2. The Hall–Kier alpha value is -1.95. The summed E-state index contributed by atoms with van der Waals surface area (Å²) in [4.78, 5) is 0. The van der Waals surface area contributed by atoms with Crippen molar-refractivity contribution in [3.05, 3.63) is 75.4 Å². The molecular formula is C20H21BCl2N2O2. The van der Waals surface area contributed by atoms with Gasteiger partial charge in [-0.05, 0) is 30.7 Å². The largest absolute Gasteiger partial charge is 0.444 e. The summed E-state index contributed by atoms with van der Waals surface area (Å²) in [6, 6.07) is 15.5. The third kappa shape index (κ3) is 5.07. The standard InChI is InChI=1S/C20H21BCl2N2O2/c1-2-25-20(27-17-12-15(22)11-16(23)13-17)18(19(24-25)8-9-26-21)10-14-6-4-3-5-7-14/h3-7,11-13H,2,8-10,21H2,1H3. The third-order valence-corrected chi connectivity index (χ3v) is 4.64. The van der Waals surface area contributed by atoms with Gasteiger partial charge in [-0.15, -0.1) is 0 Å². The van der Waals surface area contributed by atoms with Crippen LogP contribution in [-0.4, -0.2) is 24.4 Å². The molecule has 0 atom stereocenters. The van der Waals surface area contributed by atoms with Crippen molar-refractivity contribution < 1.29 is 9.39 Å². The summed E-state index contributed by atoms with van der Waals surface area (Å²) in [6.45, 7) is 3.33. The van der Waals surface area contributed by atoms with Crippen molar-refractivity contribution >= 4 is 31.3 Å². The second kappa shape index (κ2) is 9.31. The van der Waals surface area contributed by atoms with Crippen molar-refractivity contribution in [2.75, 3.05) is 6.61 Å². The van der Waals surface area contributed by atoms with Crippen LogP contribution in [0.4, 0.5) is 0 Å². The number of rotatable bonds is 8. The molecule has 1 aromatic heterocycles. The quantitative estimate of drug-likeness (QED) is 0.512. The van der Waals surface area contributed by atoms with Gasteiger partial charge in [0.25, 0.3) is 8.05 Å². The van der Waals surface area contributed by atoms with E-state index in [2.05, 4.69) is 12.1 Å². The van der Waals surface area contributed by atoms with E-state index in [0.29, 0.717) is 34.8 Å². The van der Waals surface area contributed by atoms with Crippen LogP contribution in [0.5, 0.6) is 11.6 Å². The average Bonchev–Trinajstić information content (AvgIpc) is 2.96. The van der Waals surface area contributed by atoms with Gasteiger partial charge < -0.3 is 9.39 Å². The second-order valence-corrected chi connectivity index (χ2v) is 7.03. The molecule has 0 saturated carbocycles. The summed E-state index contributed by atoms with van der Waals surface area (Å²) in [5.41, 5.74) is 3.22. The van der Waals surface area contributed by atoms with Crippen molar-refractivity contribution in [1.29, 1.82) is 0 Å². The lowest BCUT2D eigenvalue weighted by atomic mass is 10.0. The van der Waals surface area contributed by atoms with Crippen LogP contribution in [0.2, 0.25) is 10.0 Å². The molecule has 27 heavy (non-hydrogen) atoms. The second-order valence-electron chi connectivity index (χ2n) is 6.16. The number of hydrogen-bond donors (Lipinski definition) is 0. The van der Waals surface area contributed by atoms with Gasteiger partial charge in [0.15, 0.2) is 0 Å². The molecule has 0 unspecified atom stereocenters. The van der Waals surface area contributed by atoms with E-state index < -0.39 is 0 Å². The van der Waals surface area contributed by atoms with Crippen LogP contribution in [0, 0.1) is 0 Å². The SMILES string of the molecule is BOCCc1nn(CC)c(Oc2cc(Cl)cc(Cl)c2)c1Cc1ccccc1. The molecule has 0 radical (unpaired) electrons. The first-order valence-corrected chi connectivity index (χ1v) is 9.61. The number of aryl methyl sites for hydroxylation is 1. The minimum atomic E-state index is 0.532. The first-order valence-electron chi connectivity index (χ1n) is 8.86. The first-order chi connectivity index (χ1) is 13.1. The predicted octanol–water partition coefficient (Wildman–Crippen LogP) is 4.70. The average molecular weight is 403 g/mol. The number of ether oxygens (including phenoxy) is 1. The number of halogens is 2. The Morgan fingerprint density at radius 3 is 2.41 bits per heavy atom. The van der Waals surface area contributed by atoms with Crippen molar-refractivity contribution in [3.8, 4) is 11.6 Å². The summed E-state index contributed by atoms with van der Waals surface area (Å²) in [5, 5.41) is 5.81. The molecule has 0 amide bonds. The zero-order valence-electron chi connectivity index (χ0n) is 15.4. The van der Waals surface area contributed by atoms with E-state index in [9.17, 15) is 0 Å². The van der Waals surface area contributed by atoms with E-state index >= 15 is 0 Å². The molecule has 0 fully saturated rings. The van der Waals surface area contributed by atoms with E-state index in [1.54, 1.807) is 26.2 Å². The molecule has 3 aromatic rings. The van der Waals surface area contributed by atoms with Crippen LogP contribution in [0.25, 0.3) is 0 Å². The van der Waals surface area contributed by atoms with Crippen molar-refractivity contribution in [1.82, 2.24) is 9.78 Å². The van der Waals surface area contributed by atoms with Gasteiger partial charge in [-0.1, -0.05) is 53.5 Å². The van der Waals surface area contributed by atoms with Crippen LogP contribution < -0.4 is 4.74 Å². The Bertz CT molecular complexity index is 880. The highest BCUT2D eigenvalue weighted by Crippen LogP contribution is 2.33. The van der Waals surface area contributed by atoms with Crippen LogP contribution in [-0.2, 0) is 24.0 Å². The Morgan fingerprint density at radius 1 is 1.07 bits per heavy atom. The molecule has 0 N–H and O–H groups in total. The zero-order chi connectivity index (χ0) is 19.2. The Kier molecular flexibility index (Phi) is 6.83. The van der Waals surface area contributed by atoms with Crippen molar-refractivity contribution in [2.45, 2.75) is 26.3 Å². The van der Waals surface area contributed by atoms with Gasteiger partial charge in [0.05, 0.1) is 5.69 Å². The van der Waals surface area contributed by atoms with E-state index in [0.717, 1.165) is 24.1 Å². The maximum Gasteiger partial charge on any atom is 0.257 e. The highest BCUT2D eigenvalue weighted by molar-refractivity contribution is 6.34. The monoisotopic (exact) mass is 402 g/mol. The lowest BCUT2D eigenvalue weighted by Gasteiger charge is -2.11. The van der Waals surface area contributed by atoms with Gasteiger partial charge >= 0.3 is 0 Å². The molecule has 0 aliphatic rings. The van der Waals surface area contributed by atoms with Gasteiger partial charge in [-0.25, -0.2) is 4.68 Å². The van der Waals surface area contributed by atoms with Crippen LogP contribution >= 0.6 is 23.2 Å². The fourth-order valence-corrected chi connectivity index (χ4v) is 3.44. The minimum Gasteiger partial charge on any atom is -0.444 e. The van der Waals surface area contributed by atoms with Crippen molar-refractivity contribution in [3.63, 3.8) is 0 Å². The summed E-state index contributed by atoms with van der Waals surface area (Å²) in [6.07, 6.45) is 1.45. The first kappa shape index (κ1) is 19.8. The lowest BCUT2D eigenvalue weighted by molar-refractivity contribution is 0.351. The number of hydrogen-bond acceptors (Lipinski definition) is 3. The van der Waals surface area contributed by atoms with Gasteiger partial charge in [0.1, 0.15) is 5.75 Å². The molecule has 0 spiro atoms. The van der Waals surface area contributed by atoms with Crippen LogP contribution in [0.1, 0.15) is 23.7 Å². The van der Waals surface area contributed by atoms with E-state index in [1.807, 2.05) is 29.8 Å². The molecule has 140 valence electrons. The molecule has 7 heteroatoms. The molecule has 4 nitrogen and oxygen atoms in total. The van der Waals surface area contributed by atoms with Crippen molar-refractivity contribution in [2.24, 2.45) is 0 Å². The van der Waals surface area contributed by atoms with Gasteiger partial charge in [-0.2, -0.15) is 5.10 Å². The maximum absolute atomic E-state index is 6.22. The zero-order valence-corrected chi connectivity index (χ0v) is 16.9. The Balaban J connectivity index is 2.02. The topological polar surface area (TPSA) is 36.3 Å². The van der Waals surface area contributed by atoms with Crippen LogP contribution in [0.15, 0.2) is 48.5 Å². The predicted molar refractivity (Wildman–Crippen MR) is 112 cm³/mol. The molecule has 0 aliphatic carbocycles. The van der Waals surface area contributed by atoms with Gasteiger partial charge in [0, 0.05) is 41.6 Å². The van der Waals surface area contributed by atoms with E-state index in [-0.39, 0.29) is 0 Å². The summed E-state index contributed by atoms with van der Waals surface area (Å²) >= 11 is 12.3. The molecule has 0 bridgehead atoms. The third-order valence-electron chi connectivity index (χ3n) is 4.20. The normalized spacial score (nSPS) is 10.9. The molecule has 0 saturated heterocycles. The van der Waals surface area contributed by atoms with E-state index in [4.69, 9.17) is 37.7 Å². The number of nitrogens with zero attached hydrogens (tertiary/aromatic N) is 2. The molecule has 0 aliphatic heterocycles. The van der Waals surface area contributed by atoms with E-state index in [1.165, 1.54) is 5.56 Å².